The first kappa shape index (κ1) is 19.7. The third-order valence-corrected chi connectivity index (χ3v) is 8.03. The predicted octanol–water partition coefficient (Wildman–Crippen LogP) is 4.44. The molecular formula is C19H36B2O4. The van der Waals surface area contributed by atoms with Crippen LogP contribution in [0, 0.1) is 17.3 Å². The summed E-state index contributed by atoms with van der Waals surface area (Å²) in [4.78, 5) is 0. The Hall–Kier alpha value is -0.0301. The van der Waals surface area contributed by atoms with Crippen LogP contribution >= 0.6 is 0 Å². The van der Waals surface area contributed by atoms with Crippen molar-refractivity contribution in [2.24, 2.45) is 17.3 Å². The van der Waals surface area contributed by atoms with Gasteiger partial charge < -0.3 is 18.6 Å². The molecule has 4 nitrogen and oxygen atoms in total. The summed E-state index contributed by atoms with van der Waals surface area (Å²) in [7, 11) is -0.0971. The third kappa shape index (κ3) is 2.74. The summed E-state index contributed by atoms with van der Waals surface area (Å²) in [5.41, 5.74) is 0.0146. The van der Waals surface area contributed by atoms with Gasteiger partial charge in [0, 0.05) is 0 Å². The molecule has 3 aliphatic carbocycles. The van der Waals surface area contributed by atoms with Crippen molar-refractivity contribution >= 4 is 14.2 Å². The van der Waals surface area contributed by atoms with Crippen LogP contribution in [0.5, 0.6) is 0 Å². The topological polar surface area (TPSA) is 36.9 Å². The monoisotopic (exact) mass is 350 g/mol. The highest BCUT2D eigenvalue weighted by Crippen LogP contribution is 2.69. The average Bonchev–Trinajstić information content (AvgIpc) is 2.75. The quantitative estimate of drug-likeness (QED) is 0.605. The fourth-order valence-corrected chi connectivity index (χ4v) is 5.58. The lowest BCUT2D eigenvalue weighted by molar-refractivity contribution is -0.234. The van der Waals surface area contributed by atoms with Crippen molar-refractivity contribution in [1.82, 2.24) is 0 Å². The van der Waals surface area contributed by atoms with Gasteiger partial charge >= 0.3 is 14.2 Å². The fourth-order valence-electron chi connectivity index (χ4n) is 5.58. The molecular weight excluding hydrogens is 314 g/mol. The van der Waals surface area contributed by atoms with Crippen molar-refractivity contribution in [2.45, 2.75) is 104 Å². The van der Waals surface area contributed by atoms with Crippen molar-refractivity contribution in [3.63, 3.8) is 0 Å². The molecule has 2 aliphatic heterocycles. The minimum atomic E-state index is -0.160. The Balaban J connectivity index is 0.000000160. The maximum Gasteiger partial charge on any atom is 0.454 e. The number of rotatable bonds is 0. The van der Waals surface area contributed by atoms with Gasteiger partial charge in [0.2, 0.25) is 0 Å². The van der Waals surface area contributed by atoms with Gasteiger partial charge in [0.1, 0.15) is 0 Å². The van der Waals surface area contributed by atoms with Crippen LogP contribution in [0.3, 0.4) is 0 Å². The molecule has 0 aromatic rings. The molecule has 2 heterocycles. The highest BCUT2D eigenvalue weighted by atomic mass is 16.7. The lowest BCUT2D eigenvalue weighted by Gasteiger charge is -2.67. The van der Waals surface area contributed by atoms with Gasteiger partial charge in [-0.3, -0.25) is 0 Å². The first-order valence-corrected chi connectivity index (χ1v) is 9.86. The zero-order valence-electron chi connectivity index (χ0n) is 17.9. The van der Waals surface area contributed by atoms with Crippen LogP contribution in [0.25, 0.3) is 0 Å². The first-order chi connectivity index (χ1) is 11.1. The minimum absolute atomic E-state index is 0.0323. The lowest BCUT2D eigenvalue weighted by atomic mass is 9.41. The number of hydrogen-bond donors (Lipinski definition) is 0. The van der Waals surface area contributed by atoms with Crippen molar-refractivity contribution in [3.8, 4) is 0 Å². The van der Waals surface area contributed by atoms with Gasteiger partial charge in [-0.2, -0.15) is 0 Å². The summed E-state index contributed by atoms with van der Waals surface area (Å²) in [6, 6.07) is 0. The van der Waals surface area contributed by atoms with E-state index in [0.29, 0.717) is 11.3 Å². The Kier molecular flexibility index (Phi) is 4.34. The first-order valence-electron chi connectivity index (χ1n) is 9.86. The van der Waals surface area contributed by atoms with E-state index >= 15 is 0 Å². The molecule has 142 valence electrons. The maximum atomic E-state index is 6.12. The van der Waals surface area contributed by atoms with E-state index in [2.05, 4.69) is 55.4 Å². The highest BCUT2D eigenvalue weighted by molar-refractivity contribution is 6.44. The standard InChI is InChI=1S/C12H21BO2.C7H15BO2/c1-10(2)8-6-9(10)12(4)11(3,7-8)14-13(5)15-12;1-6(2)7(3,4)10-8(5)9-6/h8-9H,6-7H2,1-5H3;1-5H3. The van der Waals surface area contributed by atoms with E-state index in [1.807, 2.05) is 13.6 Å². The second-order valence-corrected chi connectivity index (χ2v) is 10.5. The van der Waals surface area contributed by atoms with Crippen LogP contribution < -0.4 is 0 Å². The zero-order valence-corrected chi connectivity index (χ0v) is 17.9. The van der Waals surface area contributed by atoms with Gasteiger partial charge in [0.25, 0.3) is 0 Å². The molecule has 0 aromatic carbocycles. The van der Waals surface area contributed by atoms with Gasteiger partial charge in [-0.15, -0.1) is 0 Å². The molecule has 5 aliphatic rings. The Morgan fingerprint density at radius 1 is 0.720 bits per heavy atom. The fraction of sp³-hybridized carbons (Fsp3) is 1.00. The van der Waals surface area contributed by atoms with Crippen LogP contribution in [-0.2, 0) is 18.6 Å². The molecule has 4 unspecified atom stereocenters. The van der Waals surface area contributed by atoms with Gasteiger partial charge in [-0.05, 0) is 85.3 Å². The summed E-state index contributed by atoms with van der Waals surface area (Å²) in [5.74, 6) is 1.49. The van der Waals surface area contributed by atoms with E-state index in [1.54, 1.807) is 0 Å². The highest BCUT2D eigenvalue weighted by Gasteiger charge is 2.72. The minimum Gasteiger partial charge on any atom is -0.403 e. The van der Waals surface area contributed by atoms with Gasteiger partial charge in [0.15, 0.2) is 0 Å². The second-order valence-electron chi connectivity index (χ2n) is 10.5. The van der Waals surface area contributed by atoms with Crippen LogP contribution in [0.2, 0.25) is 13.6 Å². The van der Waals surface area contributed by atoms with Crippen LogP contribution in [0.1, 0.15) is 68.2 Å². The molecule has 2 bridgehead atoms. The molecule has 25 heavy (non-hydrogen) atoms. The van der Waals surface area contributed by atoms with Crippen molar-refractivity contribution in [2.75, 3.05) is 0 Å². The van der Waals surface area contributed by atoms with Crippen LogP contribution in [-0.4, -0.2) is 36.6 Å². The smallest absolute Gasteiger partial charge is 0.403 e. The Morgan fingerprint density at radius 3 is 1.60 bits per heavy atom. The molecule has 6 heteroatoms. The molecule has 5 rings (SSSR count). The van der Waals surface area contributed by atoms with E-state index in [4.69, 9.17) is 18.6 Å². The van der Waals surface area contributed by atoms with E-state index in [1.165, 1.54) is 6.42 Å². The van der Waals surface area contributed by atoms with E-state index in [9.17, 15) is 0 Å². The van der Waals surface area contributed by atoms with Crippen LogP contribution in [0.4, 0.5) is 0 Å². The molecule has 0 spiro atoms. The van der Waals surface area contributed by atoms with Gasteiger partial charge in [-0.1, -0.05) is 13.8 Å². The molecule has 0 radical (unpaired) electrons. The maximum absolute atomic E-state index is 6.12. The molecule has 0 aromatic heterocycles. The normalized spacial score (nSPS) is 45.4. The third-order valence-electron chi connectivity index (χ3n) is 8.03. The Labute approximate surface area is 155 Å². The largest absolute Gasteiger partial charge is 0.454 e. The molecule has 4 atom stereocenters. The van der Waals surface area contributed by atoms with Crippen molar-refractivity contribution in [1.29, 1.82) is 0 Å². The summed E-state index contributed by atoms with van der Waals surface area (Å²) >= 11 is 0. The van der Waals surface area contributed by atoms with Crippen molar-refractivity contribution in [3.05, 3.63) is 0 Å². The average molecular weight is 350 g/mol. The lowest BCUT2D eigenvalue weighted by Crippen LogP contribution is -2.70. The SMILES string of the molecule is CB1OC(C)(C)C(C)(C)O1.CB1OC2(C)CC3CC(C3(C)C)C2(C)O1. The summed E-state index contributed by atoms with van der Waals surface area (Å²) in [6.07, 6.45) is 2.49. The van der Waals surface area contributed by atoms with E-state index in [-0.39, 0.29) is 36.6 Å². The molecule has 3 saturated carbocycles. The van der Waals surface area contributed by atoms with Crippen LogP contribution in [0.15, 0.2) is 0 Å². The van der Waals surface area contributed by atoms with E-state index < -0.39 is 0 Å². The van der Waals surface area contributed by atoms with Crippen molar-refractivity contribution < 1.29 is 18.6 Å². The summed E-state index contributed by atoms with van der Waals surface area (Å²) < 4.78 is 23.2. The molecule has 5 fully saturated rings. The zero-order chi connectivity index (χ0) is 19.1. The summed E-state index contributed by atoms with van der Waals surface area (Å²) in [6.45, 7) is 21.4. The second kappa shape index (κ2) is 5.50. The number of hydrogen-bond acceptors (Lipinski definition) is 4. The Morgan fingerprint density at radius 2 is 1.20 bits per heavy atom. The van der Waals surface area contributed by atoms with Gasteiger partial charge in [0.05, 0.1) is 22.4 Å². The predicted molar refractivity (Wildman–Crippen MR) is 103 cm³/mol. The van der Waals surface area contributed by atoms with E-state index in [0.717, 1.165) is 12.3 Å². The van der Waals surface area contributed by atoms with Gasteiger partial charge in [-0.25, -0.2) is 0 Å². The Bertz CT molecular complexity index is 534. The molecule has 0 amide bonds. The molecule has 2 saturated heterocycles. The molecule has 0 N–H and O–H groups in total. The summed E-state index contributed by atoms with van der Waals surface area (Å²) in [5, 5.41) is 0.